The Balaban J connectivity index is 1.84. The summed E-state index contributed by atoms with van der Waals surface area (Å²) in [5.41, 5.74) is 1.06. The maximum Gasteiger partial charge on any atom is 0.224 e. The van der Waals surface area contributed by atoms with Crippen LogP contribution in [-0.2, 0) is 11.3 Å². The van der Waals surface area contributed by atoms with E-state index in [-0.39, 0.29) is 11.8 Å². The van der Waals surface area contributed by atoms with E-state index in [1.54, 1.807) is 7.11 Å². The Morgan fingerprint density at radius 2 is 2.44 bits per heavy atom. The molecule has 1 aromatic rings. The Morgan fingerprint density at radius 3 is 3.17 bits per heavy atom. The Bertz CT molecular complexity index is 401. The van der Waals surface area contributed by atoms with E-state index in [0.717, 1.165) is 37.2 Å². The quantitative estimate of drug-likeness (QED) is 0.844. The van der Waals surface area contributed by atoms with E-state index >= 15 is 0 Å². The molecule has 1 aliphatic rings. The van der Waals surface area contributed by atoms with Crippen LogP contribution in [0.15, 0.2) is 24.3 Å². The van der Waals surface area contributed by atoms with Gasteiger partial charge >= 0.3 is 0 Å². The molecule has 1 fully saturated rings. The topological polar surface area (TPSA) is 50.4 Å². The molecule has 0 aliphatic carbocycles. The van der Waals surface area contributed by atoms with Crippen molar-refractivity contribution in [3.8, 4) is 5.75 Å². The fourth-order valence-corrected chi connectivity index (χ4v) is 2.19. The highest BCUT2D eigenvalue weighted by Crippen LogP contribution is 2.13. The van der Waals surface area contributed by atoms with Crippen LogP contribution in [-0.4, -0.2) is 26.1 Å². The number of carbonyl (C=O) groups excluding carboxylic acids is 1. The SMILES string of the molecule is COc1cccc(CNC(=O)C2CCCNC2)c1. The third-order valence-corrected chi connectivity index (χ3v) is 3.27. The van der Waals surface area contributed by atoms with Gasteiger partial charge in [-0.2, -0.15) is 0 Å². The molecule has 1 heterocycles. The van der Waals surface area contributed by atoms with Crippen LogP contribution in [0.3, 0.4) is 0 Å². The summed E-state index contributed by atoms with van der Waals surface area (Å²) in [7, 11) is 1.64. The van der Waals surface area contributed by atoms with Gasteiger partial charge in [-0.25, -0.2) is 0 Å². The second-order valence-electron chi connectivity index (χ2n) is 4.61. The van der Waals surface area contributed by atoms with Crippen LogP contribution in [0.4, 0.5) is 0 Å². The highest BCUT2D eigenvalue weighted by atomic mass is 16.5. The van der Waals surface area contributed by atoms with Gasteiger partial charge in [-0.3, -0.25) is 4.79 Å². The predicted octanol–water partition coefficient (Wildman–Crippen LogP) is 1.31. The summed E-state index contributed by atoms with van der Waals surface area (Å²) in [5, 5.41) is 6.24. The maximum absolute atomic E-state index is 11.9. The molecule has 1 unspecified atom stereocenters. The minimum Gasteiger partial charge on any atom is -0.497 e. The van der Waals surface area contributed by atoms with Gasteiger partial charge in [0.1, 0.15) is 5.75 Å². The number of amides is 1. The number of hydrogen-bond donors (Lipinski definition) is 2. The Morgan fingerprint density at radius 1 is 1.56 bits per heavy atom. The van der Waals surface area contributed by atoms with Gasteiger partial charge in [0, 0.05) is 13.1 Å². The Labute approximate surface area is 108 Å². The van der Waals surface area contributed by atoms with Crippen molar-refractivity contribution in [3.63, 3.8) is 0 Å². The van der Waals surface area contributed by atoms with Crippen molar-refractivity contribution in [2.24, 2.45) is 5.92 Å². The smallest absolute Gasteiger partial charge is 0.224 e. The number of methoxy groups -OCH3 is 1. The van der Waals surface area contributed by atoms with Crippen molar-refractivity contribution in [1.82, 2.24) is 10.6 Å². The molecule has 2 N–H and O–H groups in total. The van der Waals surface area contributed by atoms with Crippen LogP contribution in [0.2, 0.25) is 0 Å². The average Bonchev–Trinajstić information content (AvgIpc) is 2.46. The normalized spacial score (nSPS) is 19.3. The monoisotopic (exact) mass is 248 g/mol. The molecule has 1 atom stereocenters. The molecular weight excluding hydrogens is 228 g/mol. The molecule has 0 radical (unpaired) electrons. The van der Waals surface area contributed by atoms with Crippen LogP contribution in [0.1, 0.15) is 18.4 Å². The van der Waals surface area contributed by atoms with Crippen LogP contribution in [0.25, 0.3) is 0 Å². The standard InChI is InChI=1S/C14H20N2O2/c1-18-13-6-2-4-11(8-13)9-16-14(17)12-5-3-7-15-10-12/h2,4,6,8,12,15H,3,5,7,9-10H2,1H3,(H,16,17). The van der Waals surface area contributed by atoms with E-state index < -0.39 is 0 Å². The molecule has 4 nitrogen and oxygen atoms in total. The minimum absolute atomic E-state index is 0.115. The van der Waals surface area contributed by atoms with E-state index in [2.05, 4.69) is 10.6 Å². The van der Waals surface area contributed by atoms with Crippen LogP contribution >= 0.6 is 0 Å². The summed E-state index contributed by atoms with van der Waals surface area (Å²) in [4.78, 5) is 11.9. The van der Waals surface area contributed by atoms with Gasteiger partial charge < -0.3 is 15.4 Å². The zero-order chi connectivity index (χ0) is 12.8. The largest absolute Gasteiger partial charge is 0.497 e. The molecule has 18 heavy (non-hydrogen) atoms. The highest BCUT2D eigenvalue weighted by molar-refractivity contribution is 5.78. The second-order valence-corrected chi connectivity index (χ2v) is 4.61. The Kier molecular flexibility index (Phi) is 4.59. The molecule has 1 saturated heterocycles. The predicted molar refractivity (Wildman–Crippen MR) is 70.4 cm³/mol. The first kappa shape index (κ1) is 12.9. The molecule has 0 aromatic heterocycles. The van der Waals surface area contributed by atoms with E-state index in [1.165, 1.54) is 0 Å². The van der Waals surface area contributed by atoms with E-state index in [1.807, 2.05) is 24.3 Å². The van der Waals surface area contributed by atoms with Gasteiger partial charge in [-0.15, -0.1) is 0 Å². The van der Waals surface area contributed by atoms with Gasteiger partial charge in [0.05, 0.1) is 13.0 Å². The summed E-state index contributed by atoms with van der Waals surface area (Å²) < 4.78 is 5.16. The summed E-state index contributed by atoms with van der Waals surface area (Å²) in [5.74, 6) is 1.08. The van der Waals surface area contributed by atoms with Gasteiger partial charge in [0.25, 0.3) is 0 Å². The lowest BCUT2D eigenvalue weighted by atomic mass is 9.99. The first-order chi connectivity index (χ1) is 8.79. The summed E-state index contributed by atoms with van der Waals surface area (Å²) in [6.07, 6.45) is 2.06. The van der Waals surface area contributed by atoms with Crippen molar-refractivity contribution in [2.75, 3.05) is 20.2 Å². The first-order valence-corrected chi connectivity index (χ1v) is 6.41. The molecular formula is C14H20N2O2. The molecule has 2 rings (SSSR count). The van der Waals surface area contributed by atoms with E-state index in [9.17, 15) is 4.79 Å². The van der Waals surface area contributed by atoms with Crippen molar-refractivity contribution in [3.05, 3.63) is 29.8 Å². The van der Waals surface area contributed by atoms with Crippen molar-refractivity contribution < 1.29 is 9.53 Å². The number of rotatable bonds is 4. The molecule has 0 bridgehead atoms. The van der Waals surface area contributed by atoms with Gasteiger partial charge in [-0.1, -0.05) is 12.1 Å². The maximum atomic E-state index is 11.9. The number of hydrogen-bond acceptors (Lipinski definition) is 3. The molecule has 0 saturated carbocycles. The summed E-state index contributed by atoms with van der Waals surface area (Å²) >= 11 is 0. The minimum atomic E-state index is 0.115. The second kappa shape index (κ2) is 6.40. The fraction of sp³-hybridized carbons (Fsp3) is 0.500. The Hall–Kier alpha value is -1.55. The summed E-state index contributed by atoms with van der Waals surface area (Å²) in [6, 6.07) is 7.76. The highest BCUT2D eigenvalue weighted by Gasteiger charge is 2.20. The molecule has 1 amide bonds. The molecule has 1 aliphatic heterocycles. The van der Waals surface area contributed by atoms with E-state index in [4.69, 9.17) is 4.74 Å². The van der Waals surface area contributed by atoms with Crippen LogP contribution in [0.5, 0.6) is 5.75 Å². The molecule has 98 valence electrons. The lowest BCUT2D eigenvalue weighted by Crippen LogP contribution is -2.40. The van der Waals surface area contributed by atoms with Crippen molar-refractivity contribution in [2.45, 2.75) is 19.4 Å². The molecule has 1 aromatic carbocycles. The fourth-order valence-electron chi connectivity index (χ4n) is 2.19. The number of benzene rings is 1. The molecule has 4 heteroatoms. The first-order valence-electron chi connectivity index (χ1n) is 6.41. The zero-order valence-corrected chi connectivity index (χ0v) is 10.7. The zero-order valence-electron chi connectivity index (χ0n) is 10.7. The summed E-state index contributed by atoms with van der Waals surface area (Å²) in [6.45, 7) is 2.39. The van der Waals surface area contributed by atoms with Crippen molar-refractivity contribution >= 4 is 5.91 Å². The van der Waals surface area contributed by atoms with Gasteiger partial charge in [0.2, 0.25) is 5.91 Å². The van der Waals surface area contributed by atoms with Gasteiger partial charge in [0.15, 0.2) is 0 Å². The van der Waals surface area contributed by atoms with Crippen LogP contribution in [0, 0.1) is 5.92 Å². The number of nitrogens with one attached hydrogen (secondary N) is 2. The third-order valence-electron chi connectivity index (χ3n) is 3.27. The van der Waals surface area contributed by atoms with Gasteiger partial charge in [-0.05, 0) is 37.1 Å². The lowest BCUT2D eigenvalue weighted by Gasteiger charge is -2.21. The number of ether oxygens (including phenoxy) is 1. The number of carbonyl (C=O) groups is 1. The lowest BCUT2D eigenvalue weighted by molar-refractivity contribution is -0.125. The van der Waals surface area contributed by atoms with Crippen LogP contribution < -0.4 is 15.4 Å². The average molecular weight is 248 g/mol. The van der Waals surface area contributed by atoms with Crippen molar-refractivity contribution in [1.29, 1.82) is 0 Å². The van der Waals surface area contributed by atoms with E-state index in [0.29, 0.717) is 6.54 Å². The number of piperidine rings is 1. The molecule has 0 spiro atoms. The third kappa shape index (κ3) is 3.47.